The standard InChI is InChI=1S/C54H44N2/c1-37-13-9-17-43(33-37)41-25-29-45(30-26-41)55(47-19-11-15-39(3)35-47)53-51-23-7-5-21-49(51)50-22-6-8-24-52(50)54(53)56(48-20-12-16-40(4)36-48)46-31-27-42(28-32-46)44-18-10-14-38(2)34-44/h5-36H,1-4H3. The highest BCUT2D eigenvalue weighted by atomic mass is 15.2. The number of aryl methyl sites for hydroxylation is 4. The Morgan fingerprint density at radius 3 is 0.946 bits per heavy atom. The van der Waals surface area contributed by atoms with Gasteiger partial charge in [-0.05, 0) is 120 Å². The van der Waals surface area contributed by atoms with Crippen LogP contribution in [-0.2, 0) is 0 Å². The molecule has 2 heteroatoms. The van der Waals surface area contributed by atoms with Crippen LogP contribution in [0.5, 0.6) is 0 Å². The van der Waals surface area contributed by atoms with E-state index in [0.29, 0.717) is 0 Å². The molecule has 0 atom stereocenters. The van der Waals surface area contributed by atoms with Gasteiger partial charge in [0.15, 0.2) is 0 Å². The van der Waals surface area contributed by atoms with E-state index in [0.717, 1.165) is 34.1 Å². The minimum atomic E-state index is 1.09. The van der Waals surface area contributed by atoms with E-state index in [2.05, 4.69) is 232 Å². The fourth-order valence-corrected chi connectivity index (χ4v) is 8.16. The summed E-state index contributed by atoms with van der Waals surface area (Å²) in [4.78, 5) is 4.95. The minimum absolute atomic E-state index is 1.09. The molecular weight excluding hydrogens is 677 g/mol. The molecule has 0 unspecified atom stereocenters. The van der Waals surface area contributed by atoms with Crippen molar-refractivity contribution in [3.05, 3.63) is 216 Å². The molecule has 0 aromatic heterocycles. The summed E-state index contributed by atoms with van der Waals surface area (Å²) < 4.78 is 0. The van der Waals surface area contributed by atoms with E-state index in [1.165, 1.54) is 66.1 Å². The van der Waals surface area contributed by atoms with Crippen LogP contribution in [0, 0.1) is 27.7 Å². The van der Waals surface area contributed by atoms with Crippen molar-refractivity contribution in [2.45, 2.75) is 27.7 Å². The molecule has 0 aliphatic carbocycles. The highest BCUT2D eigenvalue weighted by Gasteiger charge is 2.28. The van der Waals surface area contributed by atoms with Crippen molar-refractivity contribution in [3.63, 3.8) is 0 Å². The first-order valence-electron chi connectivity index (χ1n) is 19.4. The van der Waals surface area contributed by atoms with Crippen molar-refractivity contribution in [2.75, 3.05) is 9.80 Å². The molecule has 9 aromatic carbocycles. The number of hydrogen-bond donors (Lipinski definition) is 0. The van der Waals surface area contributed by atoms with Crippen LogP contribution in [0.15, 0.2) is 194 Å². The maximum absolute atomic E-state index is 2.47. The molecule has 56 heavy (non-hydrogen) atoms. The zero-order chi connectivity index (χ0) is 38.2. The molecule has 0 heterocycles. The molecule has 0 bridgehead atoms. The second-order valence-electron chi connectivity index (χ2n) is 15.0. The van der Waals surface area contributed by atoms with Crippen LogP contribution >= 0.6 is 0 Å². The number of anilines is 6. The quantitative estimate of drug-likeness (QED) is 0.114. The summed E-state index contributed by atoms with van der Waals surface area (Å²) >= 11 is 0. The Morgan fingerprint density at radius 2 is 0.589 bits per heavy atom. The van der Waals surface area contributed by atoms with Gasteiger partial charge in [-0.3, -0.25) is 0 Å². The molecule has 0 N–H and O–H groups in total. The first-order chi connectivity index (χ1) is 27.4. The predicted octanol–water partition coefficient (Wildman–Crippen LogP) is 15.5. The van der Waals surface area contributed by atoms with Gasteiger partial charge < -0.3 is 9.80 Å². The Hall–Kier alpha value is -6.90. The summed E-state index contributed by atoms with van der Waals surface area (Å²) in [5.74, 6) is 0. The molecule has 0 saturated heterocycles. The average molecular weight is 721 g/mol. The maximum atomic E-state index is 2.47. The predicted molar refractivity (Wildman–Crippen MR) is 241 cm³/mol. The van der Waals surface area contributed by atoms with Crippen molar-refractivity contribution in [2.24, 2.45) is 0 Å². The molecule has 2 nitrogen and oxygen atoms in total. The third-order valence-electron chi connectivity index (χ3n) is 10.8. The topological polar surface area (TPSA) is 6.48 Å². The van der Waals surface area contributed by atoms with Crippen LogP contribution < -0.4 is 9.80 Å². The lowest BCUT2D eigenvalue weighted by Gasteiger charge is -2.35. The van der Waals surface area contributed by atoms with Crippen molar-refractivity contribution in [1.29, 1.82) is 0 Å². The molecule has 9 rings (SSSR count). The van der Waals surface area contributed by atoms with E-state index in [4.69, 9.17) is 0 Å². The average Bonchev–Trinajstić information content (AvgIpc) is 3.22. The van der Waals surface area contributed by atoms with Crippen LogP contribution in [0.1, 0.15) is 22.3 Å². The fraction of sp³-hybridized carbons (Fsp3) is 0.0741. The van der Waals surface area contributed by atoms with Gasteiger partial charge in [-0.25, -0.2) is 0 Å². The summed E-state index contributed by atoms with van der Waals surface area (Å²) in [6.07, 6.45) is 0. The van der Waals surface area contributed by atoms with Gasteiger partial charge in [0.1, 0.15) is 0 Å². The van der Waals surface area contributed by atoms with E-state index >= 15 is 0 Å². The van der Waals surface area contributed by atoms with Gasteiger partial charge in [-0.15, -0.1) is 0 Å². The SMILES string of the molecule is Cc1cccc(-c2ccc(N(c3cccc(C)c3)c3c(N(c4ccc(-c5cccc(C)c5)cc4)c4cccc(C)c4)c4ccccc4c4ccccc34)cc2)c1. The number of hydrogen-bond acceptors (Lipinski definition) is 2. The molecule has 0 aliphatic rings. The van der Waals surface area contributed by atoms with Crippen LogP contribution in [0.3, 0.4) is 0 Å². The first kappa shape index (κ1) is 34.8. The molecule has 9 aromatic rings. The van der Waals surface area contributed by atoms with Crippen molar-refractivity contribution < 1.29 is 0 Å². The highest BCUT2D eigenvalue weighted by molar-refractivity contribution is 6.23. The van der Waals surface area contributed by atoms with E-state index in [1.54, 1.807) is 0 Å². The Balaban J connectivity index is 1.36. The smallest absolute Gasteiger partial charge is 0.0788 e. The second-order valence-corrected chi connectivity index (χ2v) is 15.0. The largest absolute Gasteiger partial charge is 0.308 e. The molecule has 0 spiro atoms. The van der Waals surface area contributed by atoms with Gasteiger partial charge in [-0.2, -0.15) is 0 Å². The fourth-order valence-electron chi connectivity index (χ4n) is 8.16. The summed E-state index contributed by atoms with van der Waals surface area (Å²) in [5.41, 5.74) is 16.4. The van der Waals surface area contributed by atoms with E-state index in [9.17, 15) is 0 Å². The second kappa shape index (κ2) is 14.7. The Kier molecular flexibility index (Phi) is 9.17. The van der Waals surface area contributed by atoms with Crippen LogP contribution in [-0.4, -0.2) is 0 Å². The number of nitrogens with zero attached hydrogens (tertiary/aromatic N) is 2. The zero-order valence-electron chi connectivity index (χ0n) is 32.4. The Labute approximate surface area is 330 Å². The highest BCUT2D eigenvalue weighted by Crippen LogP contribution is 2.53. The molecule has 0 aliphatic heterocycles. The lowest BCUT2D eigenvalue weighted by Crippen LogP contribution is -2.18. The Bertz CT molecular complexity index is 2650. The lowest BCUT2D eigenvalue weighted by molar-refractivity contribution is 1.24. The third-order valence-corrected chi connectivity index (χ3v) is 10.8. The summed E-state index contributed by atoms with van der Waals surface area (Å²) in [5, 5.41) is 4.80. The molecular formula is C54H44N2. The first-order valence-corrected chi connectivity index (χ1v) is 19.4. The molecule has 0 fully saturated rings. The molecule has 0 saturated carbocycles. The van der Waals surface area contributed by atoms with Crippen LogP contribution in [0.2, 0.25) is 0 Å². The normalized spacial score (nSPS) is 11.2. The monoisotopic (exact) mass is 720 g/mol. The van der Waals surface area contributed by atoms with Gasteiger partial charge in [0.2, 0.25) is 0 Å². The van der Waals surface area contributed by atoms with Gasteiger partial charge in [0.05, 0.1) is 11.4 Å². The van der Waals surface area contributed by atoms with Crippen molar-refractivity contribution in [1.82, 2.24) is 0 Å². The van der Waals surface area contributed by atoms with Gasteiger partial charge in [0.25, 0.3) is 0 Å². The van der Waals surface area contributed by atoms with Gasteiger partial charge >= 0.3 is 0 Å². The van der Waals surface area contributed by atoms with Gasteiger partial charge in [-0.1, -0.05) is 157 Å². The summed E-state index contributed by atoms with van der Waals surface area (Å²) in [6, 6.07) is 71.2. The maximum Gasteiger partial charge on any atom is 0.0788 e. The van der Waals surface area contributed by atoms with E-state index in [-0.39, 0.29) is 0 Å². The molecule has 270 valence electrons. The molecule has 0 radical (unpaired) electrons. The minimum Gasteiger partial charge on any atom is -0.308 e. The summed E-state index contributed by atoms with van der Waals surface area (Å²) in [6.45, 7) is 8.66. The number of fused-ring (bicyclic) bond motifs is 3. The van der Waals surface area contributed by atoms with E-state index in [1.807, 2.05) is 0 Å². The van der Waals surface area contributed by atoms with Crippen LogP contribution in [0.25, 0.3) is 43.8 Å². The van der Waals surface area contributed by atoms with Crippen LogP contribution in [0.4, 0.5) is 34.1 Å². The van der Waals surface area contributed by atoms with Crippen molar-refractivity contribution in [3.8, 4) is 22.3 Å². The third kappa shape index (κ3) is 6.61. The number of rotatable bonds is 8. The van der Waals surface area contributed by atoms with Gasteiger partial charge in [0, 0.05) is 33.5 Å². The Morgan fingerprint density at radius 1 is 0.250 bits per heavy atom. The number of benzene rings is 9. The molecule has 0 amide bonds. The zero-order valence-corrected chi connectivity index (χ0v) is 32.4. The van der Waals surface area contributed by atoms with E-state index < -0.39 is 0 Å². The summed E-state index contributed by atoms with van der Waals surface area (Å²) in [7, 11) is 0. The lowest BCUT2D eigenvalue weighted by atomic mass is 9.94. The van der Waals surface area contributed by atoms with Crippen molar-refractivity contribution >= 4 is 55.7 Å².